The van der Waals surface area contributed by atoms with Crippen molar-refractivity contribution >= 4 is 5.69 Å². The van der Waals surface area contributed by atoms with Crippen LogP contribution in [-0.4, -0.2) is 26.2 Å². The standard InChI is InChI=1S/C17H17N3/c18-13-14-1-3-15(4-2-14)16-5-7-17(8-6-16)20-11-9-19-10-12-20/h1-8,19H,9-12H2. The molecule has 2 aromatic rings. The van der Waals surface area contributed by atoms with E-state index in [0.29, 0.717) is 5.56 Å². The Hall–Kier alpha value is -2.31. The summed E-state index contributed by atoms with van der Waals surface area (Å²) in [6.45, 7) is 4.24. The number of nitriles is 1. The third-order valence-electron chi connectivity index (χ3n) is 3.70. The van der Waals surface area contributed by atoms with Crippen LogP contribution in [0.15, 0.2) is 48.5 Å². The van der Waals surface area contributed by atoms with Gasteiger partial charge in [-0.3, -0.25) is 0 Å². The lowest BCUT2D eigenvalue weighted by atomic mass is 10.0. The zero-order chi connectivity index (χ0) is 13.8. The van der Waals surface area contributed by atoms with Crippen LogP contribution in [0.5, 0.6) is 0 Å². The summed E-state index contributed by atoms with van der Waals surface area (Å²) in [5.74, 6) is 0. The second kappa shape index (κ2) is 5.77. The van der Waals surface area contributed by atoms with E-state index in [-0.39, 0.29) is 0 Å². The normalized spacial score (nSPS) is 14.8. The molecular formula is C17H17N3. The van der Waals surface area contributed by atoms with Crippen molar-refractivity contribution in [2.45, 2.75) is 0 Å². The molecule has 0 aliphatic carbocycles. The highest BCUT2D eigenvalue weighted by Gasteiger charge is 2.10. The molecule has 100 valence electrons. The molecule has 0 unspecified atom stereocenters. The molecule has 1 heterocycles. The minimum absolute atomic E-state index is 0.700. The van der Waals surface area contributed by atoms with Crippen LogP contribution in [0.25, 0.3) is 11.1 Å². The fourth-order valence-electron chi connectivity index (χ4n) is 2.52. The zero-order valence-corrected chi connectivity index (χ0v) is 11.3. The van der Waals surface area contributed by atoms with Gasteiger partial charge in [-0.15, -0.1) is 0 Å². The predicted octanol–water partition coefficient (Wildman–Crippen LogP) is 2.63. The molecule has 1 fully saturated rings. The van der Waals surface area contributed by atoms with E-state index in [1.165, 1.54) is 11.3 Å². The molecule has 0 atom stereocenters. The number of rotatable bonds is 2. The molecule has 0 radical (unpaired) electrons. The van der Waals surface area contributed by atoms with Gasteiger partial charge in [0.1, 0.15) is 0 Å². The topological polar surface area (TPSA) is 39.1 Å². The number of anilines is 1. The van der Waals surface area contributed by atoms with Gasteiger partial charge in [0.05, 0.1) is 11.6 Å². The van der Waals surface area contributed by atoms with E-state index in [4.69, 9.17) is 5.26 Å². The van der Waals surface area contributed by atoms with Crippen molar-refractivity contribution in [2.75, 3.05) is 31.1 Å². The maximum atomic E-state index is 8.82. The van der Waals surface area contributed by atoms with Gasteiger partial charge < -0.3 is 10.2 Å². The van der Waals surface area contributed by atoms with Crippen molar-refractivity contribution in [3.8, 4) is 17.2 Å². The molecule has 20 heavy (non-hydrogen) atoms. The van der Waals surface area contributed by atoms with E-state index in [1.807, 2.05) is 24.3 Å². The Morgan fingerprint density at radius 2 is 1.40 bits per heavy atom. The number of nitrogens with one attached hydrogen (secondary N) is 1. The van der Waals surface area contributed by atoms with E-state index in [1.54, 1.807) is 0 Å². The lowest BCUT2D eigenvalue weighted by molar-refractivity contribution is 0.589. The lowest BCUT2D eigenvalue weighted by Crippen LogP contribution is -2.43. The highest BCUT2D eigenvalue weighted by molar-refractivity contribution is 5.67. The van der Waals surface area contributed by atoms with E-state index in [2.05, 4.69) is 40.6 Å². The highest BCUT2D eigenvalue weighted by Crippen LogP contribution is 2.23. The van der Waals surface area contributed by atoms with Crippen LogP contribution in [0.2, 0.25) is 0 Å². The van der Waals surface area contributed by atoms with Gasteiger partial charge in [0.2, 0.25) is 0 Å². The van der Waals surface area contributed by atoms with Gasteiger partial charge in [0, 0.05) is 31.9 Å². The molecule has 3 rings (SSSR count). The maximum Gasteiger partial charge on any atom is 0.0991 e. The molecular weight excluding hydrogens is 246 g/mol. The van der Waals surface area contributed by atoms with Crippen molar-refractivity contribution < 1.29 is 0 Å². The van der Waals surface area contributed by atoms with Crippen LogP contribution >= 0.6 is 0 Å². The van der Waals surface area contributed by atoms with Crippen LogP contribution in [0.1, 0.15) is 5.56 Å². The van der Waals surface area contributed by atoms with Crippen molar-refractivity contribution in [1.82, 2.24) is 5.32 Å². The summed E-state index contributed by atoms with van der Waals surface area (Å²) in [6, 6.07) is 18.5. The minimum Gasteiger partial charge on any atom is -0.369 e. The first-order chi connectivity index (χ1) is 9.86. The van der Waals surface area contributed by atoms with Gasteiger partial charge in [-0.2, -0.15) is 5.26 Å². The average Bonchev–Trinajstić information content (AvgIpc) is 2.56. The Bertz CT molecular complexity index is 602. The summed E-state index contributed by atoms with van der Waals surface area (Å²) >= 11 is 0. The Morgan fingerprint density at radius 3 is 1.95 bits per heavy atom. The molecule has 0 bridgehead atoms. The molecule has 0 saturated carbocycles. The molecule has 0 amide bonds. The molecule has 0 aromatic heterocycles. The van der Waals surface area contributed by atoms with Crippen LogP contribution in [-0.2, 0) is 0 Å². The summed E-state index contributed by atoms with van der Waals surface area (Å²) < 4.78 is 0. The molecule has 1 aliphatic rings. The van der Waals surface area contributed by atoms with E-state index in [0.717, 1.165) is 31.7 Å². The number of hydrogen-bond acceptors (Lipinski definition) is 3. The van der Waals surface area contributed by atoms with E-state index >= 15 is 0 Å². The third-order valence-corrected chi connectivity index (χ3v) is 3.70. The van der Waals surface area contributed by atoms with E-state index < -0.39 is 0 Å². The van der Waals surface area contributed by atoms with Crippen molar-refractivity contribution in [1.29, 1.82) is 5.26 Å². The largest absolute Gasteiger partial charge is 0.369 e. The average molecular weight is 263 g/mol. The molecule has 3 nitrogen and oxygen atoms in total. The van der Waals surface area contributed by atoms with E-state index in [9.17, 15) is 0 Å². The van der Waals surface area contributed by atoms with Crippen LogP contribution in [0.3, 0.4) is 0 Å². The molecule has 3 heteroatoms. The molecule has 0 spiro atoms. The van der Waals surface area contributed by atoms with Crippen molar-refractivity contribution in [3.05, 3.63) is 54.1 Å². The van der Waals surface area contributed by atoms with Crippen molar-refractivity contribution in [3.63, 3.8) is 0 Å². The lowest BCUT2D eigenvalue weighted by Gasteiger charge is -2.29. The second-order valence-electron chi connectivity index (χ2n) is 4.97. The summed E-state index contributed by atoms with van der Waals surface area (Å²) in [5.41, 5.74) is 4.32. The fraction of sp³-hybridized carbons (Fsp3) is 0.235. The summed E-state index contributed by atoms with van der Waals surface area (Å²) in [7, 11) is 0. The Morgan fingerprint density at radius 1 is 0.850 bits per heavy atom. The quantitative estimate of drug-likeness (QED) is 0.905. The SMILES string of the molecule is N#Cc1ccc(-c2ccc(N3CCNCC3)cc2)cc1. The Balaban J connectivity index is 1.79. The Kier molecular flexibility index (Phi) is 3.67. The van der Waals surface area contributed by atoms with Gasteiger partial charge in [0.25, 0.3) is 0 Å². The minimum atomic E-state index is 0.700. The summed E-state index contributed by atoms with van der Waals surface area (Å²) in [6.07, 6.45) is 0. The number of benzene rings is 2. The van der Waals surface area contributed by atoms with Gasteiger partial charge in [-0.1, -0.05) is 24.3 Å². The summed E-state index contributed by atoms with van der Waals surface area (Å²) in [5, 5.41) is 12.2. The predicted molar refractivity (Wildman–Crippen MR) is 81.7 cm³/mol. The van der Waals surface area contributed by atoms with Crippen LogP contribution in [0, 0.1) is 11.3 Å². The maximum absolute atomic E-state index is 8.82. The molecule has 2 aromatic carbocycles. The molecule has 1 aliphatic heterocycles. The van der Waals surface area contributed by atoms with Crippen molar-refractivity contribution in [2.24, 2.45) is 0 Å². The number of hydrogen-bond donors (Lipinski definition) is 1. The van der Waals surface area contributed by atoms with Crippen LogP contribution in [0.4, 0.5) is 5.69 Å². The first-order valence-corrected chi connectivity index (χ1v) is 6.93. The fourth-order valence-corrected chi connectivity index (χ4v) is 2.52. The first kappa shape index (κ1) is 12.7. The number of piperazine rings is 1. The first-order valence-electron chi connectivity index (χ1n) is 6.93. The second-order valence-corrected chi connectivity index (χ2v) is 4.97. The zero-order valence-electron chi connectivity index (χ0n) is 11.3. The summed E-state index contributed by atoms with van der Waals surface area (Å²) in [4.78, 5) is 2.40. The molecule has 1 N–H and O–H groups in total. The Labute approximate surface area is 119 Å². The van der Waals surface area contributed by atoms with Crippen LogP contribution < -0.4 is 10.2 Å². The third kappa shape index (κ3) is 2.66. The van der Waals surface area contributed by atoms with Gasteiger partial charge in [-0.05, 0) is 35.4 Å². The highest BCUT2D eigenvalue weighted by atomic mass is 15.2. The monoisotopic (exact) mass is 263 g/mol. The van der Waals surface area contributed by atoms with Gasteiger partial charge >= 0.3 is 0 Å². The van der Waals surface area contributed by atoms with Gasteiger partial charge in [-0.25, -0.2) is 0 Å². The van der Waals surface area contributed by atoms with Gasteiger partial charge in [0.15, 0.2) is 0 Å². The smallest absolute Gasteiger partial charge is 0.0991 e. The number of nitrogens with zero attached hydrogens (tertiary/aromatic N) is 2. The molecule has 1 saturated heterocycles.